The summed E-state index contributed by atoms with van der Waals surface area (Å²) < 4.78 is 38.8. The summed E-state index contributed by atoms with van der Waals surface area (Å²) in [5.41, 5.74) is 1.16. The van der Waals surface area contributed by atoms with Gasteiger partial charge in [0.05, 0.1) is 36.2 Å². The van der Waals surface area contributed by atoms with Crippen LogP contribution in [0.3, 0.4) is 0 Å². The maximum Gasteiger partial charge on any atom is 0.244 e. The number of methoxy groups -OCH3 is 1. The molecule has 1 saturated heterocycles. The average molecular weight is 563 g/mol. The molecule has 3 aromatic rings. The Morgan fingerprint density at radius 3 is 2.63 bits per heavy atom. The Morgan fingerprint density at radius 1 is 1.17 bits per heavy atom. The number of nitrogens with one attached hydrogen (secondary N) is 2. The highest BCUT2D eigenvalue weighted by molar-refractivity contribution is 9.10. The summed E-state index contributed by atoms with van der Waals surface area (Å²) >= 11 is 3.49. The van der Waals surface area contributed by atoms with Gasteiger partial charge in [0.15, 0.2) is 0 Å². The first-order valence-corrected chi connectivity index (χ1v) is 13.1. The van der Waals surface area contributed by atoms with Crippen molar-refractivity contribution in [3.05, 3.63) is 59.2 Å². The topological polar surface area (TPSA) is 109 Å². The molecule has 12 heteroatoms. The SMILES string of the molecule is COc1ccccc1N(c1ncc(Br)c(Nc2ccccc2S(=O)(=O)N(C)C)n1)C1COCCN1. The molecule has 1 fully saturated rings. The summed E-state index contributed by atoms with van der Waals surface area (Å²) in [5, 5.41) is 6.61. The van der Waals surface area contributed by atoms with Crippen LogP contribution in [0.2, 0.25) is 0 Å². The van der Waals surface area contributed by atoms with E-state index in [0.29, 0.717) is 47.4 Å². The normalized spacial score (nSPS) is 16.2. The Labute approximate surface area is 213 Å². The van der Waals surface area contributed by atoms with E-state index in [9.17, 15) is 8.42 Å². The highest BCUT2D eigenvalue weighted by atomic mass is 79.9. The molecule has 4 rings (SSSR count). The maximum atomic E-state index is 12.9. The first-order chi connectivity index (χ1) is 16.8. The highest BCUT2D eigenvalue weighted by Crippen LogP contribution is 2.36. The molecular formula is C23H27BrN6O4S. The average Bonchev–Trinajstić information content (AvgIpc) is 2.87. The Balaban J connectivity index is 1.78. The minimum atomic E-state index is -3.68. The van der Waals surface area contributed by atoms with Gasteiger partial charge in [0.2, 0.25) is 16.0 Å². The van der Waals surface area contributed by atoms with Crippen LogP contribution in [0.5, 0.6) is 5.75 Å². The lowest BCUT2D eigenvalue weighted by Gasteiger charge is -2.35. The van der Waals surface area contributed by atoms with E-state index in [1.807, 2.05) is 29.2 Å². The van der Waals surface area contributed by atoms with Crippen LogP contribution in [0.25, 0.3) is 0 Å². The molecule has 0 saturated carbocycles. The van der Waals surface area contributed by atoms with Crippen LogP contribution in [0.1, 0.15) is 0 Å². The van der Waals surface area contributed by atoms with Gasteiger partial charge in [0, 0.05) is 26.8 Å². The molecule has 2 N–H and O–H groups in total. The van der Waals surface area contributed by atoms with Crippen molar-refractivity contribution in [1.82, 2.24) is 19.6 Å². The lowest BCUT2D eigenvalue weighted by molar-refractivity contribution is 0.0783. The third kappa shape index (κ3) is 5.41. The summed E-state index contributed by atoms with van der Waals surface area (Å²) in [7, 11) is 0.923. The third-order valence-corrected chi connectivity index (χ3v) is 7.86. The van der Waals surface area contributed by atoms with Crippen molar-refractivity contribution >= 4 is 49.1 Å². The molecule has 186 valence electrons. The lowest BCUT2D eigenvalue weighted by Crippen LogP contribution is -2.51. The summed E-state index contributed by atoms with van der Waals surface area (Å²) in [6.45, 7) is 1.71. The number of benzene rings is 2. The van der Waals surface area contributed by atoms with Crippen molar-refractivity contribution in [2.45, 2.75) is 11.1 Å². The van der Waals surface area contributed by atoms with E-state index < -0.39 is 10.0 Å². The van der Waals surface area contributed by atoms with Gasteiger partial charge in [0.1, 0.15) is 22.6 Å². The van der Waals surface area contributed by atoms with Crippen LogP contribution in [0.15, 0.2) is 64.1 Å². The van der Waals surface area contributed by atoms with Crippen molar-refractivity contribution in [2.24, 2.45) is 0 Å². The number of hydrogen-bond acceptors (Lipinski definition) is 9. The minimum Gasteiger partial charge on any atom is -0.495 e. The van der Waals surface area contributed by atoms with Crippen LogP contribution >= 0.6 is 15.9 Å². The Kier molecular flexibility index (Phi) is 7.87. The van der Waals surface area contributed by atoms with Crippen molar-refractivity contribution in [3.63, 3.8) is 0 Å². The van der Waals surface area contributed by atoms with Gasteiger partial charge < -0.3 is 14.8 Å². The summed E-state index contributed by atoms with van der Waals surface area (Å²) in [5.74, 6) is 1.45. The first-order valence-electron chi connectivity index (χ1n) is 10.9. The predicted octanol–water partition coefficient (Wildman–Crippen LogP) is 3.33. The standard InChI is InChI=1S/C23H27BrN6O4S/c1-29(2)35(31,32)20-11-7-4-8-17(20)27-22-16(24)14-26-23(28-22)30(21-15-34-13-12-25-21)18-9-5-6-10-19(18)33-3/h4-11,14,21,25H,12-13,15H2,1-3H3,(H,26,27,28). The van der Waals surface area contributed by atoms with Gasteiger partial charge in [-0.3, -0.25) is 10.2 Å². The zero-order valence-electron chi connectivity index (χ0n) is 19.6. The molecule has 0 bridgehead atoms. The van der Waals surface area contributed by atoms with Crippen LogP contribution < -0.4 is 20.3 Å². The van der Waals surface area contributed by atoms with Gasteiger partial charge >= 0.3 is 0 Å². The number of nitrogens with zero attached hydrogens (tertiary/aromatic N) is 4. The number of sulfonamides is 1. The third-order valence-electron chi connectivity index (χ3n) is 5.40. The molecule has 1 atom stereocenters. The molecule has 1 unspecified atom stereocenters. The Hall–Kier alpha value is -2.77. The first kappa shape index (κ1) is 25.3. The molecule has 2 aromatic carbocycles. The van der Waals surface area contributed by atoms with Crippen LogP contribution in [-0.4, -0.2) is 69.8 Å². The van der Waals surface area contributed by atoms with E-state index in [-0.39, 0.29) is 11.1 Å². The molecule has 1 aromatic heterocycles. The van der Waals surface area contributed by atoms with E-state index in [0.717, 1.165) is 5.69 Å². The predicted molar refractivity (Wildman–Crippen MR) is 138 cm³/mol. The molecule has 1 aliphatic heterocycles. The Morgan fingerprint density at radius 2 is 1.91 bits per heavy atom. The van der Waals surface area contributed by atoms with Gasteiger partial charge in [-0.25, -0.2) is 17.7 Å². The van der Waals surface area contributed by atoms with Crippen molar-refractivity contribution < 1.29 is 17.9 Å². The monoisotopic (exact) mass is 562 g/mol. The fourth-order valence-corrected chi connectivity index (χ4v) is 4.97. The van der Waals surface area contributed by atoms with Crippen LogP contribution in [-0.2, 0) is 14.8 Å². The second-order valence-electron chi connectivity index (χ2n) is 7.86. The second kappa shape index (κ2) is 10.9. The number of ether oxygens (including phenoxy) is 2. The van der Waals surface area contributed by atoms with Crippen molar-refractivity contribution in [1.29, 1.82) is 0 Å². The maximum absolute atomic E-state index is 12.9. The summed E-state index contributed by atoms with van der Waals surface area (Å²) in [6, 6.07) is 14.3. The van der Waals surface area contributed by atoms with Gasteiger partial charge in [-0.1, -0.05) is 24.3 Å². The number of hydrogen-bond donors (Lipinski definition) is 2. The van der Waals surface area contributed by atoms with Crippen molar-refractivity contribution in [2.75, 3.05) is 51.2 Å². The quantitative estimate of drug-likeness (QED) is 0.427. The Bertz CT molecular complexity index is 1280. The van der Waals surface area contributed by atoms with E-state index in [1.54, 1.807) is 37.6 Å². The van der Waals surface area contributed by atoms with E-state index in [2.05, 4.69) is 31.5 Å². The van der Waals surface area contributed by atoms with Crippen LogP contribution in [0, 0.1) is 0 Å². The van der Waals surface area contributed by atoms with Gasteiger partial charge in [-0.2, -0.15) is 4.98 Å². The molecular weight excluding hydrogens is 536 g/mol. The van der Waals surface area contributed by atoms with Gasteiger partial charge in [0.25, 0.3) is 0 Å². The van der Waals surface area contributed by atoms with Crippen molar-refractivity contribution in [3.8, 4) is 5.75 Å². The molecule has 0 radical (unpaired) electrons. The zero-order valence-corrected chi connectivity index (χ0v) is 22.0. The molecule has 0 amide bonds. The zero-order chi connectivity index (χ0) is 25.0. The van der Waals surface area contributed by atoms with Crippen LogP contribution in [0.4, 0.5) is 23.1 Å². The molecule has 10 nitrogen and oxygen atoms in total. The fraction of sp³-hybridized carbons (Fsp3) is 0.304. The number of aromatic nitrogens is 2. The molecule has 1 aliphatic rings. The molecule has 2 heterocycles. The number of morpholine rings is 1. The van der Waals surface area contributed by atoms with Gasteiger partial charge in [-0.05, 0) is 40.2 Å². The second-order valence-corrected chi connectivity index (χ2v) is 10.8. The number of rotatable bonds is 8. The number of para-hydroxylation sites is 3. The number of halogens is 1. The minimum absolute atomic E-state index is 0.140. The fourth-order valence-electron chi connectivity index (χ4n) is 3.64. The largest absolute Gasteiger partial charge is 0.495 e. The smallest absolute Gasteiger partial charge is 0.244 e. The number of anilines is 4. The van der Waals surface area contributed by atoms with Gasteiger partial charge in [-0.15, -0.1) is 0 Å². The van der Waals surface area contributed by atoms with E-state index >= 15 is 0 Å². The summed E-state index contributed by atoms with van der Waals surface area (Å²) in [6.07, 6.45) is 1.38. The van der Waals surface area contributed by atoms with E-state index in [1.165, 1.54) is 18.4 Å². The molecule has 0 aliphatic carbocycles. The highest BCUT2D eigenvalue weighted by Gasteiger charge is 2.28. The lowest BCUT2D eigenvalue weighted by atomic mass is 10.2. The molecule has 35 heavy (non-hydrogen) atoms. The molecule has 0 spiro atoms. The van der Waals surface area contributed by atoms with E-state index in [4.69, 9.17) is 14.5 Å². The summed E-state index contributed by atoms with van der Waals surface area (Å²) in [4.78, 5) is 11.4.